The lowest BCUT2D eigenvalue weighted by Crippen LogP contribution is -2.26. The summed E-state index contributed by atoms with van der Waals surface area (Å²) >= 11 is 8.51. The highest BCUT2D eigenvalue weighted by Crippen LogP contribution is 2.41. The number of benzene rings is 2. The summed E-state index contributed by atoms with van der Waals surface area (Å²) in [5, 5.41) is 0.531. The molecule has 136 valence electrons. The number of unbranched alkanes of at least 4 members (excludes halogenated alkanes) is 2. The fourth-order valence-electron chi connectivity index (χ4n) is 3.15. The molecule has 0 aromatic heterocycles. The number of para-hydroxylation sites is 1. The molecular weight excluding hydrogens is 463 g/mol. The molecule has 0 unspecified atom stereocenters. The Bertz CT molecular complexity index is 840. The van der Waals surface area contributed by atoms with Crippen LogP contribution in [0.25, 0.3) is 0 Å². The summed E-state index contributed by atoms with van der Waals surface area (Å²) in [5.74, 6) is -0.151. The number of nitrogens with zero attached hydrogens (tertiary/aromatic N) is 2. The minimum absolute atomic E-state index is 0.00224. The summed E-state index contributed by atoms with van der Waals surface area (Å²) in [5.41, 5.74) is 2.47. The Morgan fingerprint density at radius 1 is 1.04 bits per heavy atom. The third-order valence-corrected chi connectivity index (χ3v) is 5.49. The number of carbonyl (C=O) groups excluding carboxylic acids is 2. The monoisotopic (exact) mass is 482 g/mol. The van der Waals surface area contributed by atoms with Gasteiger partial charge in [0.15, 0.2) is 0 Å². The molecule has 2 amide bonds. The summed E-state index contributed by atoms with van der Waals surface area (Å²) < 4.78 is 1.10. The third kappa shape index (κ3) is 3.74. The number of anilines is 3. The largest absolute Gasteiger partial charge is 0.309 e. The van der Waals surface area contributed by atoms with Crippen molar-refractivity contribution in [2.75, 3.05) is 21.3 Å². The molecule has 2 aromatic carbocycles. The molecule has 0 atom stereocenters. The van der Waals surface area contributed by atoms with Crippen LogP contribution in [-0.2, 0) is 4.79 Å². The van der Waals surface area contributed by atoms with Gasteiger partial charge in [0.25, 0.3) is 5.91 Å². The van der Waals surface area contributed by atoms with E-state index in [1.807, 2.05) is 24.3 Å². The third-order valence-electron chi connectivity index (χ3n) is 4.49. The first-order valence-corrected chi connectivity index (χ1v) is 10.5. The molecule has 0 aliphatic carbocycles. The molecule has 0 saturated heterocycles. The second-order valence-electron chi connectivity index (χ2n) is 6.24. The number of alkyl halides is 1. The van der Waals surface area contributed by atoms with Crippen LogP contribution in [0.4, 0.5) is 17.1 Å². The smallest absolute Gasteiger partial charge is 0.260 e. The molecule has 2 aromatic rings. The Labute approximate surface area is 172 Å². The first-order valence-electron chi connectivity index (χ1n) is 8.60. The average Bonchev–Trinajstić information content (AvgIpc) is 2.73. The van der Waals surface area contributed by atoms with E-state index in [1.54, 1.807) is 35.0 Å². The van der Waals surface area contributed by atoms with E-state index in [4.69, 9.17) is 11.6 Å². The van der Waals surface area contributed by atoms with Crippen LogP contribution >= 0.6 is 34.2 Å². The van der Waals surface area contributed by atoms with Gasteiger partial charge >= 0.3 is 0 Å². The normalized spacial score (nSPS) is 13.3. The fraction of sp³-hybridized carbons (Fsp3) is 0.300. The zero-order valence-corrected chi connectivity index (χ0v) is 17.5. The molecule has 0 radical (unpaired) electrons. The second-order valence-corrected chi connectivity index (χ2v) is 7.76. The Hall–Kier alpha value is -1.60. The maximum Gasteiger partial charge on any atom is 0.260 e. The molecule has 0 spiro atoms. The zero-order chi connectivity index (χ0) is 18.7. The number of halogens is 2. The SMILES string of the molecule is CN1C(=O)c2ccccc2N(C(=O)CCCCCI)c2ccc(Cl)cc21. The van der Waals surface area contributed by atoms with Gasteiger partial charge in [0.05, 0.1) is 22.6 Å². The number of hydrogen-bond acceptors (Lipinski definition) is 2. The maximum absolute atomic E-state index is 13.1. The van der Waals surface area contributed by atoms with Crippen molar-refractivity contribution in [2.24, 2.45) is 0 Å². The van der Waals surface area contributed by atoms with Crippen molar-refractivity contribution in [3.05, 3.63) is 53.1 Å². The van der Waals surface area contributed by atoms with Gasteiger partial charge in [0.1, 0.15) is 0 Å². The summed E-state index contributed by atoms with van der Waals surface area (Å²) in [4.78, 5) is 29.3. The highest BCUT2D eigenvalue weighted by Gasteiger charge is 2.31. The van der Waals surface area contributed by atoms with Gasteiger partial charge in [-0.1, -0.05) is 52.7 Å². The summed E-state index contributed by atoms with van der Waals surface area (Å²) in [6, 6.07) is 12.6. The molecule has 0 fully saturated rings. The van der Waals surface area contributed by atoms with Crippen molar-refractivity contribution in [3.8, 4) is 0 Å². The fourth-order valence-corrected chi connectivity index (χ4v) is 3.86. The highest BCUT2D eigenvalue weighted by atomic mass is 127. The van der Waals surface area contributed by atoms with Gasteiger partial charge in [-0.15, -0.1) is 0 Å². The Balaban J connectivity index is 2.07. The predicted octanol–water partition coefficient (Wildman–Crippen LogP) is 5.59. The lowest BCUT2D eigenvalue weighted by atomic mass is 10.1. The first kappa shape index (κ1) is 19.2. The van der Waals surface area contributed by atoms with E-state index in [0.29, 0.717) is 34.1 Å². The Morgan fingerprint density at radius 2 is 1.81 bits per heavy atom. The lowest BCUT2D eigenvalue weighted by Gasteiger charge is -2.25. The molecule has 0 saturated carbocycles. The van der Waals surface area contributed by atoms with Crippen LogP contribution in [0.15, 0.2) is 42.5 Å². The van der Waals surface area contributed by atoms with Gasteiger partial charge in [-0.25, -0.2) is 0 Å². The Kier molecular flexibility index (Phi) is 6.19. The number of hydrogen-bond donors (Lipinski definition) is 0. The van der Waals surface area contributed by atoms with Crippen molar-refractivity contribution in [1.29, 1.82) is 0 Å². The van der Waals surface area contributed by atoms with Crippen LogP contribution < -0.4 is 9.80 Å². The highest BCUT2D eigenvalue weighted by molar-refractivity contribution is 14.1. The van der Waals surface area contributed by atoms with Crippen LogP contribution in [0, 0.1) is 0 Å². The van der Waals surface area contributed by atoms with Gasteiger partial charge < -0.3 is 4.90 Å². The van der Waals surface area contributed by atoms with E-state index in [0.717, 1.165) is 23.7 Å². The second kappa shape index (κ2) is 8.39. The minimum Gasteiger partial charge on any atom is -0.309 e. The number of rotatable bonds is 5. The van der Waals surface area contributed by atoms with Gasteiger partial charge in [0, 0.05) is 18.5 Å². The lowest BCUT2D eigenvalue weighted by molar-refractivity contribution is -0.118. The molecule has 1 heterocycles. The van der Waals surface area contributed by atoms with E-state index >= 15 is 0 Å². The Morgan fingerprint density at radius 3 is 2.58 bits per heavy atom. The average molecular weight is 483 g/mol. The van der Waals surface area contributed by atoms with Crippen molar-refractivity contribution in [1.82, 2.24) is 0 Å². The van der Waals surface area contributed by atoms with Crippen molar-refractivity contribution in [2.45, 2.75) is 25.7 Å². The van der Waals surface area contributed by atoms with Gasteiger partial charge in [-0.2, -0.15) is 0 Å². The number of carbonyl (C=O) groups is 2. The van der Waals surface area contributed by atoms with Gasteiger partial charge in [-0.3, -0.25) is 14.5 Å². The van der Waals surface area contributed by atoms with Crippen LogP contribution in [0.2, 0.25) is 5.02 Å². The van der Waals surface area contributed by atoms with E-state index < -0.39 is 0 Å². The van der Waals surface area contributed by atoms with Crippen molar-refractivity contribution >= 4 is 63.1 Å². The standard InChI is InChI=1S/C20H20ClIN2O2/c1-23-18-13-14(21)10-11-17(18)24(19(25)9-3-2-6-12-22)16-8-5-4-7-15(16)20(23)26/h4-5,7-8,10-11,13H,2-3,6,9,12H2,1H3. The van der Waals surface area contributed by atoms with E-state index in [1.165, 1.54) is 0 Å². The minimum atomic E-state index is -0.149. The topological polar surface area (TPSA) is 40.6 Å². The van der Waals surface area contributed by atoms with Gasteiger partial charge in [0.2, 0.25) is 5.91 Å². The molecule has 0 N–H and O–H groups in total. The van der Waals surface area contributed by atoms with Crippen LogP contribution in [-0.4, -0.2) is 23.3 Å². The first-order chi connectivity index (χ1) is 12.5. The van der Waals surface area contributed by atoms with Gasteiger partial charge in [-0.05, 0) is 47.6 Å². The van der Waals surface area contributed by atoms with E-state index in [-0.39, 0.29) is 11.8 Å². The maximum atomic E-state index is 13.1. The van der Waals surface area contributed by atoms with Crippen LogP contribution in [0.1, 0.15) is 36.0 Å². The van der Waals surface area contributed by atoms with Crippen molar-refractivity contribution < 1.29 is 9.59 Å². The van der Waals surface area contributed by atoms with Crippen molar-refractivity contribution in [3.63, 3.8) is 0 Å². The summed E-state index contributed by atoms with van der Waals surface area (Å²) in [6.07, 6.45) is 3.42. The predicted molar refractivity (Wildman–Crippen MR) is 115 cm³/mol. The molecule has 26 heavy (non-hydrogen) atoms. The van der Waals surface area contributed by atoms with E-state index in [2.05, 4.69) is 22.6 Å². The van der Waals surface area contributed by atoms with E-state index in [9.17, 15) is 9.59 Å². The molecule has 1 aliphatic heterocycles. The summed E-state index contributed by atoms with van der Waals surface area (Å²) in [6.45, 7) is 0. The molecule has 0 bridgehead atoms. The zero-order valence-electron chi connectivity index (χ0n) is 14.5. The summed E-state index contributed by atoms with van der Waals surface area (Å²) in [7, 11) is 1.71. The molecule has 3 rings (SSSR count). The van der Waals surface area contributed by atoms with Crippen LogP contribution in [0.3, 0.4) is 0 Å². The quantitative estimate of drug-likeness (QED) is 0.317. The molecule has 4 nitrogen and oxygen atoms in total. The van der Waals surface area contributed by atoms with Crippen LogP contribution in [0.5, 0.6) is 0 Å². The molecule has 6 heteroatoms. The number of fused-ring (bicyclic) bond motifs is 2. The molecule has 1 aliphatic rings. The molecular formula is C20H20ClIN2O2. The number of amides is 2.